The molecule has 3 rings (SSSR count). The number of aryl methyl sites for hydroxylation is 2. The lowest BCUT2D eigenvalue weighted by Crippen LogP contribution is -2.03. The molecule has 0 amide bonds. The number of alkyl halides is 3. The molecule has 3 nitrogen and oxygen atoms in total. The number of hydrogen-bond donors (Lipinski definition) is 0. The number of fused-ring (bicyclic) bond motifs is 1. The van der Waals surface area contributed by atoms with Gasteiger partial charge in [0.1, 0.15) is 12.4 Å². The van der Waals surface area contributed by atoms with E-state index in [0.29, 0.717) is 5.69 Å². The van der Waals surface area contributed by atoms with Crippen LogP contribution in [0.25, 0.3) is 16.9 Å². The lowest BCUT2D eigenvalue weighted by Gasteiger charge is -2.09. The van der Waals surface area contributed by atoms with Gasteiger partial charge in [-0.05, 0) is 37.1 Å². The number of benzene rings is 1. The Morgan fingerprint density at radius 2 is 1.91 bits per heavy atom. The second-order valence-electron chi connectivity index (χ2n) is 5.20. The molecule has 2 aromatic heterocycles. The first-order chi connectivity index (χ1) is 10.5. The quantitative estimate of drug-likeness (QED) is 0.717. The largest absolute Gasteiger partial charge is 0.280 e. The van der Waals surface area contributed by atoms with Crippen molar-refractivity contribution in [1.29, 1.82) is 0 Å². The van der Waals surface area contributed by atoms with E-state index in [1.165, 1.54) is 12.3 Å². The van der Waals surface area contributed by atoms with E-state index in [4.69, 9.17) is 0 Å². The Morgan fingerprint density at radius 3 is 2.55 bits per heavy atom. The number of nitrogens with zero attached hydrogens (tertiary/aromatic N) is 3. The highest BCUT2D eigenvalue weighted by Crippen LogP contribution is 2.27. The highest BCUT2D eigenvalue weighted by Gasteiger charge is 2.18. The first-order valence-electron chi connectivity index (χ1n) is 6.80. The molecule has 2 heterocycles. The minimum absolute atomic E-state index is 0.133. The van der Waals surface area contributed by atoms with Crippen LogP contribution in [0.4, 0.5) is 13.2 Å². The number of aromatic nitrogens is 3. The van der Waals surface area contributed by atoms with E-state index >= 15 is 0 Å². The minimum Gasteiger partial charge on any atom is -0.246 e. The zero-order valence-corrected chi connectivity index (χ0v) is 12.1. The van der Waals surface area contributed by atoms with Gasteiger partial charge in [0.05, 0.1) is 11.9 Å². The summed E-state index contributed by atoms with van der Waals surface area (Å²) in [4.78, 5) is 4.32. The Labute approximate surface area is 125 Å². The van der Waals surface area contributed by atoms with E-state index in [2.05, 4.69) is 10.1 Å². The molecule has 0 fully saturated rings. The van der Waals surface area contributed by atoms with Crippen molar-refractivity contribution in [3.05, 3.63) is 52.8 Å². The van der Waals surface area contributed by atoms with Crippen LogP contribution < -0.4 is 0 Å². The maximum atomic E-state index is 13.3. The number of halogens is 3. The molecule has 0 saturated heterocycles. The van der Waals surface area contributed by atoms with Crippen LogP contribution in [0.5, 0.6) is 0 Å². The van der Waals surface area contributed by atoms with Gasteiger partial charge in [-0.25, -0.2) is 22.7 Å². The second-order valence-corrected chi connectivity index (χ2v) is 5.20. The average Bonchev–Trinajstić information content (AvgIpc) is 2.91. The molecule has 0 aliphatic carbocycles. The molecular formula is C16H14F3N3. The molecule has 0 unspecified atom stereocenters. The van der Waals surface area contributed by atoms with Crippen molar-refractivity contribution in [1.82, 2.24) is 14.6 Å². The van der Waals surface area contributed by atoms with Crippen molar-refractivity contribution in [3.8, 4) is 11.3 Å². The second kappa shape index (κ2) is 5.44. The van der Waals surface area contributed by atoms with E-state index in [0.717, 1.165) is 21.2 Å². The van der Waals surface area contributed by atoms with Gasteiger partial charge in [-0.2, -0.15) is 5.10 Å². The van der Waals surface area contributed by atoms with Crippen LogP contribution in [-0.2, 0) is 6.67 Å². The topological polar surface area (TPSA) is 30.2 Å². The van der Waals surface area contributed by atoms with E-state index < -0.39 is 13.1 Å². The lowest BCUT2D eigenvalue weighted by molar-refractivity contribution is 0.143. The van der Waals surface area contributed by atoms with Crippen molar-refractivity contribution in [2.24, 2.45) is 0 Å². The summed E-state index contributed by atoms with van der Waals surface area (Å²) in [7, 11) is 0. The molecule has 0 radical (unpaired) electrons. The standard InChI is InChI=1S/C16H14F3N3/c1-9-3-4-11(5-10(9)2)13-6-14(15(18)19)22-16(21-13)12(7-17)8-20-22/h3-6,8,15H,7H2,1-2H3. The maximum Gasteiger partial charge on any atom is 0.280 e. The first-order valence-corrected chi connectivity index (χ1v) is 6.80. The summed E-state index contributed by atoms with van der Waals surface area (Å²) in [6.45, 7) is 3.12. The highest BCUT2D eigenvalue weighted by molar-refractivity contribution is 5.65. The van der Waals surface area contributed by atoms with E-state index in [-0.39, 0.29) is 16.9 Å². The number of hydrogen-bond acceptors (Lipinski definition) is 2. The summed E-state index contributed by atoms with van der Waals surface area (Å²) in [5.74, 6) is 0. The van der Waals surface area contributed by atoms with Crippen LogP contribution in [0.2, 0.25) is 0 Å². The molecule has 0 saturated carbocycles. The highest BCUT2D eigenvalue weighted by atomic mass is 19.3. The van der Waals surface area contributed by atoms with E-state index in [9.17, 15) is 13.2 Å². The maximum absolute atomic E-state index is 13.3. The Bertz CT molecular complexity index is 840. The van der Waals surface area contributed by atoms with Gasteiger partial charge in [-0.1, -0.05) is 12.1 Å². The molecule has 1 aromatic carbocycles. The zero-order valence-electron chi connectivity index (χ0n) is 12.1. The van der Waals surface area contributed by atoms with Gasteiger partial charge in [-0.15, -0.1) is 0 Å². The van der Waals surface area contributed by atoms with Gasteiger partial charge in [0.2, 0.25) is 0 Å². The molecule has 0 N–H and O–H groups in total. The van der Waals surface area contributed by atoms with Crippen LogP contribution in [0.15, 0.2) is 30.5 Å². The van der Waals surface area contributed by atoms with Crippen molar-refractivity contribution >= 4 is 5.65 Å². The Morgan fingerprint density at radius 1 is 1.14 bits per heavy atom. The summed E-state index contributed by atoms with van der Waals surface area (Å²) < 4.78 is 40.5. The SMILES string of the molecule is Cc1ccc(-c2cc(C(F)F)n3ncc(CF)c3n2)cc1C. The molecule has 0 atom stereocenters. The van der Waals surface area contributed by atoms with Crippen LogP contribution in [0.1, 0.15) is 28.8 Å². The summed E-state index contributed by atoms with van der Waals surface area (Å²) in [6.07, 6.45) is -1.48. The molecule has 3 aromatic rings. The molecule has 0 spiro atoms. The first kappa shape index (κ1) is 14.6. The van der Waals surface area contributed by atoms with Gasteiger partial charge >= 0.3 is 0 Å². The molecule has 6 heteroatoms. The fraction of sp³-hybridized carbons (Fsp3) is 0.250. The molecule has 114 valence electrons. The van der Waals surface area contributed by atoms with Gasteiger partial charge in [-0.3, -0.25) is 0 Å². The summed E-state index contributed by atoms with van der Waals surface area (Å²) in [6, 6.07) is 6.92. The van der Waals surface area contributed by atoms with Crippen molar-refractivity contribution in [3.63, 3.8) is 0 Å². The van der Waals surface area contributed by atoms with Crippen molar-refractivity contribution in [2.45, 2.75) is 26.9 Å². The summed E-state index contributed by atoms with van der Waals surface area (Å²) >= 11 is 0. The molecule has 22 heavy (non-hydrogen) atoms. The Kier molecular flexibility index (Phi) is 3.60. The van der Waals surface area contributed by atoms with Gasteiger partial charge in [0.15, 0.2) is 5.65 Å². The monoisotopic (exact) mass is 305 g/mol. The summed E-state index contributed by atoms with van der Waals surface area (Å²) in [5.41, 5.74) is 3.29. The molecule has 0 aliphatic rings. The van der Waals surface area contributed by atoms with Gasteiger partial charge in [0, 0.05) is 11.1 Å². The van der Waals surface area contributed by atoms with Crippen LogP contribution in [-0.4, -0.2) is 14.6 Å². The van der Waals surface area contributed by atoms with Gasteiger partial charge < -0.3 is 0 Å². The van der Waals surface area contributed by atoms with Gasteiger partial charge in [0.25, 0.3) is 6.43 Å². The third kappa shape index (κ3) is 2.34. The minimum atomic E-state index is -2.72. The lowest BCUT2D eigenvalue weighted by atomic mass is 10.0. The summed E-state index contributed by atoms with van der Waals surface area (Å²) in [5, 5.41) is 3.81. The predicted molar refractivity (Wildman–Crippen MR) is 77.7 cm³/mol. The van der Waals surface area contributed by atoms with Crippen molar-refractivity contribution < 1.29 is 13.2 Å². The van der Waals surface area contributed by atoms with E-state index in [1.807, 2.05) is 32.0 Å². The average molecular weight is 305 g/mol. The van der Waals surface area contributed by atoms with Crippen LogP contribution >= 0.6 is 0 Å². The third-order valence-electron chi connectivity index (χ3n) is 3.74. The fourth-order valence-corrected chi connectivity index (χ4v) is 2.33. The third-order valence-corrected chi connectivity index (χ3v) is 3.74. The number of rotatable bonds is 3. The van der Waals surface area contributed by atoms with Crippen LogP contribution in [0.3, 0.4) is 0 Å². The molecule has 0 aliphatic heterocycles. The smallest absolute Gasteiger partial charge is 0.246 e. The van der Waals surface area contributed by atoms with Crippen LogP contribution in [0, 0.1) is 13.8 Å². The zero-order chi connectivity index (χ0) is 15.9. The Hall–Kier alpha value is -2.37. The normalized spacial score (nSPS) is 11.5. The Balaban J connectivity index is 2.27. The van der Waals surface area contributed by atoms with Crippen molar-refractivity contribution in [2.75, 3.05) is 0 Å². The molecule has 0 bridgehead atoms. The van der Waals surface area contributed by atoms with E-state index in [1.54, 1.807) is 0 Å². The predicted octanol–water partition coefficient (Wildman–Crippen LogP) is 4.42. The molecular weight excluding hydrogens is 291 g/mol. The fourth-order valence-electron chi connectivity index (χ4n) is 2.33.